The zero-order valence-electron chi connectivity index (χ0n) is 18.5. The number of Topliss-reactive ketones (excluding diaryl/α,β-unsaturated/α-hetero) is 1. The number of methoxy groups -OCH3 is 3. The van der Waals surface area contributed by atoms with Gasteiger partial charge in [-0.05, 0) is 48.9 Å². The average molecular weight is 467 g/mol. The maximum absolute atomic E-state index is 13.2. The van der Waals surface area contributed by atoms with E-state index in [2.05, 4.69) is 4.98 Å². The Hall–Kier alpha value is -3.85. The predicted molar refractivity (Wildman–Crippen MR) is 124 cm³/mol. The number of carbonyl (C=O) groups excluding carboxylic acids is 2. The summed E-state index contributed by atoms with van der Waals surface area (Å²) < 4.78 is 16.2. The van der Waals surface area contributed by atoms with E-state index in [4.69, 9.17) is 14.2 Å². The fraction of sp³-hybridized carbons (Fsp3) is 0.208. The van der Waals surface area contributed by atoms with Crippen LogP contribution in [-0.2, 0) is 9.59 Å². The molecule has 1 fully saturated rings. The first-order valence-corrected chi connectivity index (χ1v) is 10.9. The van der Waals surface area contributed by atoms with Crippen LogP contribution in [0.5, 0.6) is 17.2 Å². The van der Waals surface area contributed by atoms with E-state index in [1.165, 1.54) is 30.5 Å². The number of amides is 1. The van der Waals surface area contributed by atoms with Crippen LogP contribution in [0.3, 0.4) is 0 Å². The first-order chi connectivity index (χ1) is 15.9. The van der Waals surface area contributed by atoms with Crippen molar-refractivity contribution in [3.8, 4) is 17.2 Å². The standard InChI is InChI=1S/C24H22N2O6S/c1-13-11-14(5-7-17(13)31-3)21(27)19-20(16-12-15(30-2)6-8-18(16)32-4)26(23(29)22(19)28)24-25-9-10-33-24/h5-12,20,27H,1-4H3. The lowest BCUT2D eigenvalue weighted by Crippen LogP contribution is -2.29. The highest BCUT2D eigenvalue weighted by molar-refractivity contribution is 7.14. The van der Waals surface area contributed by atoms with Crippen molar-refractivity contribution in [1.29, 1.82) is 0 Å². The topological polar surface area (TPSA) is 98.2 Å². The third kappa shape index (κ3) is 3.80. The summed E-state index contributed by atoms with van der Waals surface area (Å²) in [4.78, 5) is 31.9. The van der Waals surface area contributed by atoms with Gasteiger partial charge >= 0.3 is 5.91 Å². The number of anilines is 1. The molecule has 1 aliphatic heterocycles. The largest absolute Gasteiger partial charge is 0.507 e. The highest BCUT2D eigenvalue weighted by Gasteiger charge is 2.49. The molecule has 3 aromatic rings. The van der Waals surface area contributed by atoms with Gasteiger partial charge in [0.25, 0.3) is 5.78 Å². The van der Waals surface area contributed by atoms with Crippen LogP contribution < -0.4 is 19.1 Å². The van der Waals surface area contributed by atoms with Crippen LogP contribution in [0.1, 0.15) is 22.7 Å². The molecule has 0 bridgehead atoms. The molecule has 0 aliphatic carbocycles. The molecule has 0 saturated carbocycles. The van der Waals surface area contributed by atoms with Crippen molar-refractivity contribution in [2.24, 2.45) is 0 Å². The van der Waals surface area contributed by atoms with Crippen molar-refractivity contribution < 1.29 is 28.9 Å². The van der Waals surface area contributed by atoms with Crippen LogP contribution in [0.2, 0.25) is 0 Å². The Morgan fingerprint density at radius 2 is 1.76 bits per heavy atom. The van der Waals surface area contributed by atoms with Crippen LogP contribution in [0.25, 0.3) is 5.76 Å². The number of aliphatic hydroxyl groups excluding tert-OH is 1. The van der Waals surface area contributed by atoms with Crippen LogP contribution in [-0.4, -0.2) is 43.1 Å². The van der Waals surface area contributed by atoms with Gasteiger partial charge < -0.3 is 19.3 Å². The molecular weight excluding hydrogens is 444 g/mol. The second-order valence-electron chi connectivity index (χ2n) is 7.28. The number of aliphatic hydroxyl groups is 1. The van der Waals surface area contributed by atoms with Crippen molar-refractivity contribution in [3.05, 3.63) is 70.2 Å². The summed E-state index contributed by atoms with van der Waals surface area (Å²) in [6.45, 7) is 1.83. The van der Waals surface area contributed by atoms with Crippen LogP contribution >= 0.6 is 11.3 Å². The molecule has 2 heterocycles. The molecule has 0 radical (unpaired) electrons. The summed E-state index contributed by atoms with van der Waals surface area (Å²) >= 11 is 1.21. The van der Waals surface area contributed by atoms with E-state index < -0.39 is 17.7 Å². The molecule has 4 rings (SSSR count). The van der Waals surface area contributed by atoms with Crippen LogP contribution in [0.4, 0.5) is 5.13 Å². The van der Waals surface area contributed by atoms with Gasteiger partial charge in [-0.25, -0.2) is 4.98 Å². The molecule has 1 saturated heterocycles. The Labute approximate surface area is 194 Å². The maximum Gasteiger partial charge on any atom is 0.301 e. The van der Waals surface area contributed by atoms with E-state index in [1.54, 1.807) is 55.1 Å². The minimum Gasteiger partial charge on any atom is -0.507 e. The van der Waals surface area contributed by atoms with Gasteiger partial charge in [0.05, 0.1) is 26.9 Å². The third-order valence-corrected chi connectivity index (χ3v) is 6.24. The molecule has 2 aromatic carbocycles. The fourth-order valence-electron chi connectivity index (χ4n) is 3.89. The lowest BCUT2D eigenvalue weighted by Gasteiger charge is -2.25. The molecule has 33 heavy (non-hydrogen) atoms. The summed E-state index contributed by atoms with van der Waals surface area (Å²) in [5.41, 5.74) is 1.58. The third-order valence-electron chi connectivity index (χ3n) is 5.47. The van der Waals surface area contributed by atoms with Gasteiger partial charge in [-0.15, -0.1) is 11.3 Å². The number of ketones is 1. The molecule has 170 valence electrons. The number of thiazole rings is 1. The van der Waals surface area contributed by atoms with E-state index in [-0.39, 0.29) is 11.3 Å². The zero-order valence-corrected chi connectivity index (χ0v) is 19.3. The van der Waals surface area contributed by atoms with Gasteiger partial charge in [0.2, 0.25) is 0 Å². The molecule has 1 N–H and O–H groups in total. The van der Waals surface area contributed by atoms with Crippen LogP contribution in [0, 0.1) is 6.92 Å². The van der Waals surface area contributed by atoms with Crippen molar-refractivity contribution >= 4 is 33.9 Å². The Balaban J connectivity index is 1.99. The fourth-order valence-corrected chi connectivity index (χ4v) is 4.56. The summed E-state index contributed by atoms with van der Waals surface area (Å²) in [6, 6.07) is 9.15. The molecule has 1 unspecified atom stereocenters. The normalized spacial score (nSPS) is 17.3. The minimum absolute atomic E-state index is 0.0636. The van der Waals surface area contributed by atoms with E-state index in [1.807, 2.05) is 6.92 Å². The summed E-state index contributed by atoms with van der Waals surface area (Å²) in [6.07, 6.45) is 1.55. The Bertz CT molecular complexity index is 1250. The lowest BCUT2D eigenvalue weighted by atomic mass is 9.94. The number of hydrogen-bond donors (Lipinski definition) is 1. The highest BCUT2D eigenvalue weighted by atomic mass is 32.1. The number of rotatable bonds is 6. The monoisotopic (exact) mass is 466 g/mol. The Kier molecular flexibility index (Phi) is 6.06. The summed E-state index contributed by atoms with van der Waals surface area (Å²) in [5, 5.41) is 13.3. The van der Waals surface area contributed by atoms with E-state index in [0.717, 1.165) is 5.56 Å². The molecule has 8 nitrogen and oxygen atoms in total. The van der Waals surface area contributed by atoms with Gasteiger partial charge in [0, 0.05) is 22.7 Å². The van der Waals surface area contributed by atoms with Crippen molar-refractivity contribution in [2.45, 2.75) is 13.0 Å². The highest BCUT2D eigenvalue weighted by Crippen LogP contribution is 2.46. The number of aryl methyl sites for hydroxylation is 1. The summed E-state index contributed by atoms with van der Waals surface area (Å²) in [7, 11) is 4.56. The molecule has 1 atom stereocenters. The molecule has 1 amide bonds. The number of aromatic nitrogens is 1. The van der Waals surface area contributed by atoms with E-state index >= 15 is 0 Å². The maximum atomic E-state index is 13.2. The molecule has 0 spiro atoms. The molecule has 9 heteroatoms. The number of carbonyl (C=O) groups is 2. The molecule has 1 aromatic heterocycles. The second-order valence-corrected chi connectivity index (χ2v) is 8.15. The first-order valence-electron chi connectivity index (χ1n) is 9.98. The molecular formula is C24H22N2O6S. The molecule has 1 aliphatic rings. The lowest BCUT2D eigenvalue weighted by molar-refractivity contribution is -0.132. The van der Waals surface area contributed by atoms with Gasteiger partial charge in [-0.2, -0.15) is 0 Å². The van der Waals surface area contributed by atoms with Crippen molar-refractivity contribution in [3.63, 3.8) is 0 Å². The Morgan fingerprint density at radius 3 is 2.36 bits per heavy atom. The SMILES string of the molecule is COc1ccc(OC)c(C2C(=C(O)c3ccc(OC)c(C)c3)C(=O)C(=O)N2c2nccs2)c1. The van der Waals surface area contributed by atoms with Gasteiger partial charge in [-0.1, -0.05) is 0 Å². The number of benzene rings is 2. The second kappa shape index (κ2) is 8.95. The van der Waals surface area contributed by atoms with Gasteiger partial charge in [0.15, 0.2) is 5.13 Å². The van der Waals surface area contributed by atoms with Crippen molar-refractivity contribution in [2.75, 3.05) is 26.2 Å². The quantitative estimate of drug-likeness (QED) is 0.332. The minimum atomic E-state index is -0.969. The van der Waals surface area contributed by atoms with Gasteiger partial charge in [0.1, 0.15) is 29.0 Å². The van der Waals surface area contributed by atoms with E-state index in [0.29, 0.717) is 33.5 Å². The van der Waals surface area contributed by atoms with Crippen molar-refractivity contribution in [1.82, 2.24) is 4.98 Å². The number of ether oxygens (including phenoxy) is 3. The van der Waals surface area contributed by atoms with Crippen LogP contribution in [0.15, 0.2) is 53.5 Å². The summed E-state index contributed by atoms with van der Waals surface area (Å²) in [5.74, 6) is -0.316. The first kappa shape index (κ1) is 22.3. The van der Waals surface area contributed by atoms with E-state index in [9.17, 15) is 14.7 Å². The zero-order chi connectivity index (χ0) is 23.7. The number of hydrogen-bond acceptors (Lipinski definition) is 8. The smallest absolute Gasteiger partial charge is 0.301 e. The predicted octanol–water partition coefficient (Wildman–Crippen LogP) is 4.10. The average Bonchev–Trinajstić information content (AvgIpc) is 3.44. The number of nitrogens with zero attached hydrogens (tertiary/aromatic N) is 2. The Morgan fingerprint density at radius 1 is 1.03 bits per heavy atom. The van der Waals surface area contributed by atoms with Gasteiger partial charge in [-0.3, -0.25) is 14.5 Å².